The third-order valence-electron chi connectivity index (χ3n) is 7.56. The van der Waals surface area contributed by atoms with Crippen molar-refractivity contribution >= 4 is 5.91 Å². The maximum atomic E-state index is 12.9. The Morgan fingerprint density at radius 2 is 2.05 bits per heavy atom. The molecule has 1 atom stereocenters. The lowest BCUT2D eigenvalue weighted by Crippen LogP contribution is -2.37. The van der Waals surface area contributed by atoms with E-state index < -0.39 is 0 Å². The van der Waals surface area contributed by atoms with Crippen LogP contribution < -0.4 is 10.6 Å². The number of aryl methyl sites for hydroxylation is 3. The van der Waals surface area contributed by atoms with Crippen LogP contribution in [0.25, 0.3) is 0 Å². The molecule has 1 saturated carbocycles. The number of imidazole rings is 1. The van der Waals surface area contributed by atoms with Gasteiger partial charge in [-0.3, -0.25) is 14.7 Å². The Labute approximate surface area is 233 Å². The fourth-order valence-electron chi connectivity index (χ4n) is 5.43. The standard InChI is InChI=1S/C32H42N6O/c1-24-14-16-35-25(2)31(24)32(39)36-19-27-11-7-12-28(17-27)21-38(22-30-20-34-23-37(30)4)29-13-8-10-26(18-29)9-5-6-15-33-3/h6-7,9,11-12,14-17,20,23,29,33H,5,8,10,13,18-19,21-22H2,1-4H3,(H,36,39)/b15-6-,26-9-. The van der Waals surface area contributed by atoms with Crippen LogP contribution >= 0.6 is 0 Å². The first-order chi connectivity index (χ1) is 18.9. The number of nitrogens with zero attached hydrogens (tertiary/aromatic N) is 4. The maximum absolute atomic E-state index is 12.9. The Hall–Kier alpha value is -3.71. The number of allylic oxidation sites excluding steroid dienone is 2. The van der Waals surface area contributed by atoms with Crippen molar-refractivity contribution in [1.29, 1.82) is 0 Å². The molecule has 39 heavy (non-hydrogen) atoms. The molecule has 0 saturated heterocycles. The number of amides is 1. The minimum absolute atomic E-state index is 0.0765. The van der Waals surface area contributed by atoms with E-state index in [4.69, 9.17) is 0 Å². The number of hydrogen-bond donors (Lipinski definition) is 2. The van der Waals surface area contributed by atoms with Crippen molar-refractivity contribution in [2.75, 3.05) is 7.05 Å². The molecule has 4 rings (SSSR count). The van der Waals surface area contributed by atoms with Gasteiger partial charge in [-0.05, 0) is 74.9 Å². The van der Waals surface area contributed by atoms with Gasteiger partial charge in [0, 0.05) is 52.2 Å². The number of rotatable bonds is 11. The lowest BCUT2D eigenvalue weighted by molar-refractivity contribution is 0.0949. The average Bonchev–Trinajstić information content (AvgIpc) is 3.34. The van der Waals surface area contributed by atoms with Crippen LogP contribution in [0, 0.1) is 13.8 Å². The third kappa shape index (κ3) is 7.90. The molecule has 1 amide bonds. The van der Waals surface area contributed by atoms with Crippen LogP contribution in [0.5, 0.6) is 0 Å². The van der Waals surface area contributed by atoms with Gasteiger partial charge in [-0.15, -0.1) is 0 Å². The molecule has 1 aromatic carbocycles. The van der Waals surface area contributed by atoms with Gasteiger partial charge in [-0.1, -0.05) is 42.0 Å². The van der Waals surface area contributed by atoms with Crippen molar-refractivity contribution in [3.05, 3.63) is 107 Å². The third-order valence-corrected chi connectivity index (χ3v) is 7.56. The predicted molar refractivity (Wildman–Crippen MR) is 157 cm³/mol. The number of pyridine rings is 1. The van der Waals surface area contributed by atoms with Crippen LogP contribution in [-0.2, 0) is 26.7 Å². The van der Waals surface area contributed by atoms with E-state index in [-0.39, 0.29) is 5.91 Å². The number of carbonyl (C=O) groups excluding carboxylic acids is 1. The van der Waals surface area contributed by atoms with Crippen LogP contribution in [-0.4, -0.2) is 38.4 Å². The molecule has 0 spiro atoms. The lowest BCUT2D eigenvalue weighted by atomic mass is 9.88. The van der Waals surface area contributed by atoms with Gasteiger partial charge in [0.2, 0.25) is 0 Å². The maximum Gasteiger partial charge on any atom is 0.253 e. The largest absolute Gasteiger partial charge is 0.394 e. The van der Waals surface area contributed by atoms with Crippen LogP contribution in [0.15, 0.2) is 73.0 Å². The molecule has 2 N–H and O–H groups in total. The molecule has 0 radical (unpaired) electrons. The molecule has 7 heteroatoms. The second kappa shape index (κ2) is 13.9. The Bertz CT molecular complexity index is 1290. The first-order valence-corrected chi connectivity index (χ1v) is 13.9. The Morgan fingerprint density at radius 3 is 2.82 bits per heavy atom. The second-order valence-corrected chi connectivity index (χ2v) is 10.5. The molecule has 7 nitrogen and oxygen atoms in total. The van der Waals surface area contributed by atoms with E-state index in [0.717, 1.165) is 42.8 Å². The molecule has 1 aliphatic rings. The summed E-state index contributed by atoms with van der Waals surface area (Å²) >= 11 is 0. The van der Waals surface area contributed by atoms with E-state index in [9.17, 15) is 4.79 Å². The van der Waals surface area contributed by atoms with Crippen LogP contribution in [0.2, 0.25) is 0 Å². The first kappa shape index (κ1) is 28.3. The van der Waals surface area contributed by atoms with Crippen molar-refractivity contribution < 1.29 is 4.79 Å². The SMILES string of the molecule is CN/C=C\C/C=C1/CCCC(N(Cc2cccc(CNC(=O)c3c(C)ccnc3C)c2)Cc2cncn2C)C1. The molecule has 1 aliphatic carbocycles. The van der Waals surface area contributed by atoms with Gasteiger partial charge in [0.05, 0.1) is 23.3 Å². The fourth-order valence-corrected chi connectivity index (χ4v) is 5.43. The number of aromatic nitrogens is 3. The predicted octanol–water partition coefficient (Wildman–Crippen LogP) is 5.36. The summed E-state index contributed by atoms with van der Waals surface area (Å²) < 4.78 is 2.11. The summed E-state index contributed by atoms with van der Waals surface area (Å²) in [6.07, 6.45) is 17.8. The highest BCUT2D eigenvalue weighted by atomic mass is 16.1. The first-order valence-electron chi connectivity index (χ1n) is 13.9. The molecular weight excluding hydrogens is 484 g/mol. The summed E-state index contributed by atoms with van der Waals surface area (Å²) in [6.45, 7) is 6.02. The van der Waals surface area contributed by atoms with Gasteiger partial charge in [-0.25, -0.2) is 4.98 Å². The van der Waals surface area contributed by atoms with Gasteiger partial charge in [-0.2, -0.15) is 0 Å². The van der Waals surface area contributed by atoms with Crippen molar-refractivity contribution in [2.45, 2.75) is 71.6 Å². The zero-order chi connectivity index (χ0) is 27.6. The zero-order valence-corrected chi connectivity index (χ0v) is 23.8. The highest BCUT2D eigenvalue weighted by Gasteiger charge is 2.24. The van der Waals surface area contributed by atoms with Crippen molar-refractivity contribution in [3.8, 4) is 0 Å². The summed E-state index contributed by atoms with van der Waals surface area (Å²) in [4.78, 5) is 24.2. The zero-order valence-electron chi connectivity index (χ0n) is 23.8. The monoisotopic (exact) mass is 526 g/mol. The highest BCUT2D eigenvalue weighted by Crippen LogP contribution is 2.30. The van der Waals surface area contributed by atoms with Gasteiger partial charge >= 0.3 is 0 Å². The van der Waals surface area contributed by atoms with Crippen molar-refractivity contribution in [2.24, 2.45) is 7.05 Å². The molecule has 0 bridgehead atoms. The summed E-state index contributed by atoms with van der Waals surface area (Å²) in [6, 6.07) is 11.0. The lowest BCUT2D eigenvalue weighted by Gasteiger charge is -2.35. The summed E-state index contributed by atoms with van der Waals surface area (Å²) in [5.41, 5.74) is 7.49. The van der Waals surface area contributed by atoms with Crippen molar-refractivity contribution in [1.82, 2.24) is 30.1 Å². The molecule has 206 valence electrons. The van der Waals surface area contributed by atoms with Crippen LogP contribution in [0.4, 0.5) is 0 Å². The number of carbonyl (C=O) groups is 1. The van der Waals surface area contributed by atoms with E-state index in [0.29, 0.717) is 18.2 Å². The molecule has 2 heterocycles. The van der Waals surface area contributed by atoms with Gasteiger partial charge in [0.25, 0.3) is 5.91 Å². The molecule has 2 aromatic heterocycles. The molecule has 3 aromatic rings. The van der Waals surface area contributed by atoms with E-state index in [1.165, 1.54) is 30.5 Å². The van der Waals surface area contributed by atoms with Gasteiger partial charge in [0.15, 0.2) is 0 Å². The normalized spacial score (nSPS) is 16.7. The topological polar surface area (TPSA) is 75.1 Å². The van der Waals surface area contributed by atoms with Crippen molar-refractivity contribution in [3.63, 3.8) is 0 Å². The summed E-state index contributed by atoms with van der Waals surface area (Å²) in [5.74, 6) is -0.0765. The van der Waals surface area contributed by atoms with Gasteiger partial charge < -0.3 is 15.2 Å². The highest BCUT2D eigenvalue weighted by molar-refractivity contribution is 5.96. The second-order valence-electron chi connectivity index (χ2n) is 10.5. The van der Waals surface area contributed by atoms with E-state index >= 15 is 0 Å². The number of nitrogens with one attached hydrogen (secondary N) is 2. The quantitative estimate of drug-likeness (QED) is 0.329. The van der Waals surface area contributed by atoms with E-state index in [1.54, 1.807) is 11.8 Å². The Kier molecular flexibility index (Phi) is 10.1. The molecule has 0 aliphatic heterocycles. The average molecular weight is 527 g/mol. The fraction of sp³-hybridized carbons (Fsp3) is 0.406. The molecule has 1 unspecified atom stereocenters. The molecule has 1 fully saturated rings. The number of hydrogen-bond acceptors (Lipinski definition) is 5. The van der Waals surface area contributed by atoms with Crippen LogP contribution in [0.3, 0.4) is 0 Å². The Balaban J connectivity index is 1.47. The Morgan fingerprint density at radius 1 is 1.21 bits per heavy atom. The van der Waals surface area contributed by atoms with E-state index in [2.05, 4.69) is 73.5 Å². The summed E-state index contributed by atoms with van der Waals surface area (Å²) in [5, 5.41) is 6.17. The summed E-state index contributed by atoms with van der Waals surface area (Å²) in [7, 11) is 4.00. The minimum atomic E-state index is -0.0765. The molecular formula is C32H42N6O. The smallest absolute Gasteiger partial charge is 0.253 e. The minimum Gasteiger partial charge on any atom is -0.394 e. The van der Waals surface area contributed by atoms with E-state index in [1.807, 2.05) is 45.7 Å². The number of benzene rings is 1. The van der Waals surface area contributed by atoms with Crippen LogP contribution in [0.1, 0.15) is 70.5 Å². The van der Waals surface area contributed by atoms with Gasteiger partial charge in [0.1, 0.15) is 0 Å².